The van der Waals surface area contributed by atoms with Crippen molar-refractivity contribution in [3.05, 3.63) is 83.0 Å². The highest BCUT2D eigenvalue weighted by atomic mass is 16.5. The Balaban J connectivity index is 1.50. The van der Waals surface area contributed by atoms with Gasteiger partial charge in [-0.1, -0.05) is 36.4 Å². The molecule has 1 atom stereocenters. The van der Waals surface area contributed by atoms with Crippen LogP contribution in [0, 0.1) is 0 Å². The highest BCUT2D eigenvalue weighted by molar-refractivity contribution is 5.78. The van der Waals surface area contributed by atoms with Crippen molar-refractivity contribution in [1.29, 1.82) is 0 Å². The summed E-state index contributed by atoms with van der Waals surface area (Å²) in [7, 11) is 3.19. The average molecular weight is 493 g/mol. The zero-order chi connectivity index (χ0) is 26.1. The molecule has 2 aromatic carbocycles. The number of nitrogens with two attached hydrogens (primary N) is 1. The monoisotopic (exact) mass is 492 g/mol. The molecule has 8 heteroatoms. The van der Waals surface area contributed by atoms with E-state index in [9.17, 15) is 9.90 Å². The number of rotatable bonds is 12. The number of nitrogen functional groups attached to an aromatic ring is 1. The third-order valence-electron chi connectivity index (χ3n) is 5.99. The maximum Gasteiger partial charge on any atom is 0.224 e. The third kappa shape index (κ3) is 7.69. The summed E-state index contributed by atoms with van der Waals surface area (Å²) in [6.07, 6.45) is 1.96. The normalized spacial score (nSPS) is 12.1. The van der Waals surface area contributed by atoms with E-state index < -0.39 is 6.10 Å². The van der Waals surface area contributed by atoms with Gasteiger partial charge in [-0.15, -0.1) is 0 Å². The molecule has 0 saturated carbocycles. The number of aliphatic hydroxyl groups is 1. The number of carbonyl (C=O) groups excluding carboxylic acids is 1. The van der Waals surface area contributed by atoms with Gasteiger partial charge in [0, 0.05) is 23.8 Å². The zero-order valence-corrected chi connectivity index (χ0v) is 21.4. The van der Waals surface area contributed by atoms with Gasteiger partial charge in [0.25, 0.3) is 0 Å². The van der Waals surface area contributed by atoms with Gasteiger partial charge in [0.1, 0.15) is 17.3 Å². The molecule has 0 saturated heterocycles. The van der Waals surface area contributed by atoms with Gasteiger partial charge < -0.3 is 30.9 Å². The number of ether oxygens (including phenoxy) is 2. The smallest absolute Gasteiger partial charge is 0.224 e. The average Bonchev–Trinajstić information content (AvgIpc) is 2.87. The summed E-state index contributed by atoms with van der Waals surface area (Å²) in [5.74, 6) is 1.70. The van der Waals surface area contributed by atoms with E-state index in [-0.39, 0.29) is 17.9 Å². The van der Waals surface area contributed by atoms with Crippen molar-refractivity contribution in [2.45, 2.75) is 44.9 Å². The van der Waals surface area contributed by atoms with Crippen LogP contribution in [0.5, 0.6) is 11.5 Å². The SMILES string of the molecule is COc1cccc(OC)c1CNC(=O)Cc1ccc(CC(C)(C)NC[C@H](O)c2ccc(N)nc2)cc1. The second-order valence-electron chi connectivity index (χ2n) is 9.38. The molecule has 0 aliphatic rings. The number of aliphatic hydroxyl groups excluding tert-OH is 1. The van der Waals surface area contributed by atoms with E-state index in [2.05, 4.69) is 29.5 Å². The number of amides is 1. The number of anilines is 1. The Kier molecular flexibility index (Phi) is 9.27. The molecule has 0 bridgehead atoms. The van der Waals surface area contributed by atoms with E-state index in [4.69, 9.17) is 15.2 Å². The molecular formula is C28H36N4O4. The molecule has 0 aliphatic carbocycles. The molecule has 3 aromatic rings. The molecule has 3 rings (SSSR count). The largest absolute Gasteiger partial charge is 0.496 e. The van der Waals surface area contributed by atoms with Crippen molar-refractivity contribution in [3.63, 3.8) is 0 Å². The van der Waals surface area contributed by atoms with Gasteiger partial charge in [-0.25, -0.2) is 4.98 Å². The first kappa shape index (κ1) is 27.0. The molecule has 0 aliphatic heterocycles. The molecule has 0 unspecified atom stereocenters. The Morgan fingerprint density at radius 1 is 1.03 bits per heavy atom. The van der Waals surface area contributed by atoms with Crippen molar-refractivity contribution >= 4 is 11.7 Å². The second kappa shape index (κ2) is 12.4. The first-order valence-corrected chi connectivity index (χ1v) is 11.9. The number of hydrogen-bond acceptors (Lipinski definition) is 7. The molecule has 192 valence electrons. The van der Waals surface area contributed by atoms with E-state index in [0.717, 1.165) is 28.7 Å². The summed E-state index contributed by atoms with van der Waals surface area (Å²) < 4.78 is 10.8. The molecule has 0 radical (unpaired) electrons. The van der Waals surface area contributed by atoms with Crippen molar-refractivity contribution in [2.24, 2.45) is 0 Å². The number of β-amino-alcohol motifs (C(OH)–C–C–N with tert-alkyl or cyclic N) is 1. The Hall–Kier alpha value is -3.62. The van der Waals surface area contributed by atoms with Crippen LogP contribution in [0.25, 0.3) is 0 Å². The predicted molar refractivity (Wildman–Crippen MR) is 141 cm³/mol. The van der Waals surface area contributed by atoms with Crippen molar-refractivity contribution in [3.8, 4) is 11.5 Å². The molecule has 8 nitrogen and oxygen atoms in total. The Morgan fingerprint density at radius 3 is 2.25 bits per heavy atom. The number of benzene rings is 2. The summed E-state index contributed by atoms with van der Waals surface area (Å²) in [5.41, 5.74) is 8.97. The van der Waals surface area contributed by atoms with Crippen molar-refractivity contribution in [1.82, 2.24) is 15.6 Å². The third-order valence-corrected chi connectivity index (χ3v) is 5.99. The fraction of sp³-hybridized carbons (Fsp3) is 0.357. The fourth-order valence-electron chi connectivity index (χ4n) is 3.99. The van der Waals surface area contributed by atoms with Gasteiger partial charge in [0.15, 0.2) is 0 Å². The van der Waals surface area contributed by atoms with Gasteiger partial charge in [0.2, 0.25) is 5.91 Å². The lowest BCUT2D eigenvalue weighted by Crippen LogP contribution is -2.43. The molecule has 36 heavy (non-hydrogen) atoms. The predicted octanol–water partition coefficient (Wildman–Crippen LogP) is 3.18. The summed E-state index contributed by atoms with van der Waals surface area (Å²) in [4.78, 5) is 16.6. The van der Waals surface area contributed by atoms with Gasteiger partial charge in [-0.05, 0) is 49.6 Å². The quantitative estimate of drug-likeness (QED) is 0.307. The maximum atomic E-state index is 12.5. The lowest BCUT2D eigenvalue weighted by atomic mass is 9.93. The molecular weight excluding hydrogens is 456 g/mol. The summed E-state index contributed by atoms with van der Waals surface area (Å²) >= 11 is 0. The number of nitrogens with one attached hydrogen (secondary N) is 2. The first-order valence-electron chi connectivity index (χ1n) is 11.9. The van der Waals surface area contributed by atoms with Crippen LogP contribution < -0.4 is 25.8 Å². The molecule has 5 N–H and O–H groups in total. The van der Waals surface area contributed by atoms with Gasteiger partial charge in [-0.2, -0.15) is 0 Å². The van der Waals surface area contributed by atoms with Crippen LogP contribution in [0.4, 0.5) is 5.82 Å². The number of carbonyl (C=O) groups is 1. The maximum absolute atomic E-state index is 12.5. The van der Waals surface area contributed by atoms with Crippen LogP contribution in [0.15, 0.2) is 60.8 Å². The van der Waals surface area contributed by atoms with Crippen LogP contribution >= 0.6 is 0 Å². The molecule has 0 fully saturated rings. The highest BCUT2D eigenvalue weighted by Crippen LogP contribution is 2.28. The fourth-order valence-corrected chi connectivity index (χ4v) is 3.99. The Labute approximate surface area is 212 Å². The second-order valence-corrected chi connectivity index (χ2v) is 9.38. The van der Waals surface area contributed by atoms with Crippen molar-refractivity contribution in [2.75, 3.05) is 26.5 Å². The summed E-state index contributed by atoms with van der Waals surface area (Å²) in [5, 5.41) is 16.8. The van der Waals surface area contributed by atoms with Crippen LogP contribution in [0.1, 0.15) is 42.2 Å². The standard InChI is InChI=1S/C28H36N4O4/c1-28(2,32-18-23(33)21-12-13-26(29)30-16-21)15-20-10-8-19(9-11-20)14-27(34)31-17-22-24(35-3)6-5-7-25(22)36-4/h5-13,16,23,32-33H,14-15,17-18H2,1-4H3,(H2,29,30)(H,31,34)/t23-/m0/s1. The van der Waals surface area contributed by atoms with Crippen LogP contribution in [0.3, 0.4) is 0 Å². The molecule has 1 heterocycles. The van der Waals surface area contributed by atoms with Crippen LogP contribution in [-0.4, -0.2) is 42.3 Å². The van der Waals surface area contributed by atoms with E-state index in [1.165, 1.54) is 0 Å². The number of pyridine rings is 1. The minimum Gasteiger partial charge on any atom is -0.496 e. The first-order chi connectivity index (χ1) is 17.2. The van der Waals surface area contributed by atoms with Gasteiger partial charge in [-0.3, -0.25) is 4.79 Å². The summed E-state index contributed by atoms with van der Waals surface area (Å²) in [6, 6.07) is 17.0. The number of aromatic nitrogens is 1. The Morgan fingerprint density at radius 2 is 1.67 bits per heavy atom. The number of methoxy groups -OCH3 is 2. The van der Waals surface area contributed by atoms with E-state index in [1.807, 2.05) is 42.5 Å². The number of nitrogens with zero attached hydrogens (tertiary/aromatic N) is 1. The summed E-state index contributed by atoms with van der Waals surface area (Å²) in [6.45, 7) is 4.90. The highest BCUT2D eigenvalue weighted by Gasteiger charge is 2.20. The molecule has 1 amide bonds. The van der Waals surface area contributed by atoms with E-state index in [0.29, 0.717) is 30.4 Å². The van der Waals surface area contributed by atoms with Crippen LogP contribution in [0.2, 0.25) is 0 Å². The minimum atomic E-state index is -0.672. The van der Waals surface area contributed by atoms with E-state index >= 15 is 0 Å². The lowest BCUT2D eigenvalue weighted by Gasteiger charge is -2.28. The Bertz CT molecular complexity index is 1110. The van der Waals surface area contributed by atoms with Crippen molar-refractivity contribution < 1.29 is 19.4 Å². The number of hydrogen-bond donors (Lipinski definition) is 4. The molecule has 1 aromatic heterocycles. The topological polar surface area (TPSA) is 119 Å². The molecule has 0 spiro atoms. The lowest BCUT2D eigenvalue weighted by molar-refractivity contribution is -0.120. The van der Waals surface area contributed by atoms with E-state index in [1.54, 1.807) is 32.5 Å². The van der Waals surface area contributed by atoms with Gasteiger partial charge >= 0.3 is 0 Å². The minimum absolute atomic E-state index is 0.0798. The zero-order valence-electron chi connectivity index (χ0n) is 21.4. The van der Waals surface area contributed by atoms with Crippen LogP contribution in [-0.2, 0) is 24.2 Å². The van der Waals surface area contributed by atoms with Gasteiger partial charge in [0.05, 0.1) is 38.9 Å².